The zero-order chi connectivity index (χ0) is 30.7. The largest absolute Gasteiger partial charge is 0.451 e. The topological polar surface area (TPSA) is 169 Å². The van der Waals surface area contributed by atoms with E-state index in [1.54, 1.807) is 25.1 Å². The Hall–Kier alpha value is -4.74. The molecule has 0 spiro atoms. The number of aromatic nitrogens is 1. The number of nitrogens with one attached hydrogen (secondary N) is 4. The smallest absolute Gasteiger partial charge is 0.287 e. The summed E-state index contributed by atoms with van der Waals surface area (Å²) < 4.78 is 6.92. The maximum atomic E-state index is 13.4. The molecule has 2 fully saturated rings. The van der Waals surface area contributed by atoms with Crippen LogP contribution in [0, 0.1) is 12.8 Å². The van der Waals surface area contributed by atoms with Gasteiger partial charge in [-0.25, -0.2) is 0 Å². The minimum atomic E-state index is -1.29. The SMILES string of the molecule is CNC(=O)C(=O)CC[C@H](NC(=O)c1oc2ccccc2c1C)C(=O)Nc1cccn(CC(=O)NC23CCC(CC2)C3)c1=O. The molecule has 0 aliphatic heterocycles. The molecule has 2 bridgehead atoms. The molecule has 2 saturated carbocycles. The molecule has 43 heavy (non-hydrogen) atoms. The van der Waals surface area contributed by atoms with Crippen LogP contribution in [0.2, 0.25) is 0 Å². The summed E-state index contributed by atoms with van der Waals surface area (Å²) in [5, 5.41) is 11.2. The third-order valence-corrected chi connectivity index (χ3v) is 8.55. The van der Waals surface area contributed by atoms with Gasteiger partial charge in [-0.15, -0.1) is 0 Å². The van der Waals surface area contributed by atoms with Crippen LogP contribution in [-0.2, 0) is 25.7 Å². The van der Waals surface area contributed by atoms with Crippen molar-refractivity contribution >= 4 is 46.1 Å². The number of carbonyl (C=O) groups excluding carboxylic acids is 5. The number of carbonyl (C=O) groups is 5. The average Bonchev–Trinajstić information content (AvgIpc) is 3.69. The number of amides is 4. The minimum absolute atomic E-state index is 0.0000191. The minimum Gasteiger partial charge on any atom is -0.451 e. The second-order valence-corrected chi connectivity index (χ2v) is 11.4. The van der Waals surface area contributed by atoms with Crippen molar-refractivity contribution in [3.05, 3.63) is 64.3 Å². The van der Waals surface area contributed by atoms with Crippen molar-refractivity contribution < 1.29 is 28.4 Å². The maximum absolute atomic E-state index is 13.4. The van der Waals surface area contributed by atoms with Crippen LogP contribution < -0.4 is 26.8 Å². The molecule has 226 valence electrons. The number of likely N-dealkylation sites (N-methyl/N-ethyl adjacent to an activating group) is 1. The highest BCUT2D eigenvalue weighted by atomic mass is 16.3. The third kappa shape index (κ3) is 6.37. The van der Waals surface area contributed by atoms with Crippen molar-refractivity contribution in [3.8, 4) is 0 Å². The summed E-state index contributed by atoms with van der Waals surface area (Å²) in [5.74, 6) is -2.67. The normalized spacial score (nSPS) is 19.5. The number of anilines is 1. The Balaban J connectivity index is 1.31. The lowest BCUT2D eigenvalue weighted by atomic mass is 9.94. The monoisotopic (exact) mass is 589 g/mol. The van der Waals surface area contributed by atoms with Crippen LogP contribution in [-0.4, -0.2) is 52.6 Å². The van der Waals surface area contributed by atoms with Crippen molar-refractivity contribution in [2.75, 3.05) is 12.4 Å². The van der Waals surface area contributed by atoms with E-state index in [4.69, 9.17) is 4.42 Å². The Kier molecular flexibility index (Phi) is 8.47. The lowest BCUT2D eigenvalue weighted by Gasteiger charge is -2.28. The molecule has 2 heterocycles. The number of nitrogens with zero attached hydrogens (tertiary/aromatic N) is 1. The van der Waals surface area contributed by atoms with E-state index in [0.29, 0.717) is 17.1 Å². The molecule has 4 N–H and O–H groups in total. The summed E-state index contributed by atoms with van der Waals surface area (Å²) in [6.07, 6.45) is 5.97. The van der Waals surface area contributed by atoms with Gasteiger partial charge in [-0.2, -0.15) is 0 Å². The Morgan fingerprint density at radius 2 is 1.81 bits per heavy atom. The predicted octanol–water partition coefficient (Wildman–Crippen LogP) is 2.18. The number of pyridine rings is 1. The number of fused-ring (bicyclic) bond motifs is 3. The van der Waals surface area contributed by atoms with Gasteiger partial charge in [-0.3, -0.25) is 28.8 Å². The van der Waals surface area contributed by atoms with Gasteiger partial charge in [0, 0.05) is 36.2 Å². The summed E-state index contributed by atoms with van der Waals surface area (Å²) >= 11 is 0. The summed E-state index contributed by atoms with van der Waals surface area (Å²) in [7, 11) is 1.31. The summed E-state index contributed by atoms with van der Waals surface area (Å²) in [6, 6.07) is 8.72. The Morgan fingerprint density at radius 3 is 2.49 bits per heavy atom. The van der Waals surface area contributed by atoms with E-state index in [1.807, 2.05) is 6.07 Å². The molecule has 0 saturated heterocycles. The van der Waals surface area contributed by atoms with Gasteiger partial charge >= 0.3 is 0 Å². The van der Waals surface area contributed by atoms with Crippen molar-refractivity contribution in [1.29, 1.82) is 0 Å². The fourth-order valence-corrected chi connectivity index (χ4v) is 6.25. The van der Waals surface area contributed by atoms with E-state index >= 15 is 0 Å². The van der Waals surface area contributed by atoms with E-state index in [1.165, 1.54) is 29.9 Å². The summed E-state index contributed by atoms with van der Waals surface area (Å²) in [4.78, 5) is 76.6. The second-order valence-electron chi connectivity index (χ2n) is 11.4. The molecule has 1 aromatic carbocycles. The van der Waals surface area contributed by atoms with Crippen molar-refractivity contribution in [3.63, 3.8) is 0 Å². The number of furan rings is 1. The highest BCUT2D eigenvalue weighted by molar-refractivity contribution is 6.36. The number of rotatable bonds is 11. The lowest BCUT2D eigenvalue weighted by molar-refractivity contribution is -0.137. The second kappa shape index (κ2) is 12.2. The molecule has 2 aliphatic rings. The molecule has 12 heteroatoms. The number of ketones is 1. The first kappa shape index (κ1) is 29.7. The zero-order valence-electron chi connectivity index (χ0n) is 24.2. The quantitative estimate of drug-likeness (QED) is 0.249. The Morgan fingerprint density at radius 1 is 1.07 bits per heavy atom. The Bertz CT molecular complexity index is 1650. The average molecular weight is 590 g/mol. The molecule has 0 unspecified atom stereocenters. The molecular formula is C31H35N5O7. The maximum Gasteiger partial charge on any atom is 0.287 e. The van der Waals surface area contributed by atoms with Crippen LogP contribution in [0.5, 0.6) is 0 Å². The van der Waals surface area contributed by atoms with Gasteiger partial charge in [0.05, 0.1) is 0 Å². The molecule has 4 amide bonds. The molecule has 3 aromatic rings. The fourth-order valence-electron chi connectivity index (χ4n) is 6.25. The van der Waals surface area contributed by atoms with Crippen molar-refractivity contribution in [2.24, 2.45) is 5.92 Å². The highest BCUT2D eigenvalue weighted by Gasteiger charge is 2.45. The number of hydrogen-bond donors (Lipinski definition) is 4. The van der Waals surface area contributed by atoms with Crippen LogP contribution in [0.15, 0.2) is 51.8 Å². The highest BCUT2D eigenvalue weighted by Crippen LogP contribution is 2.47. The van der Waals surface area contributed by atoms with E-state index in [2.05, 4.69) is 21.3 Å². The molecule has 12 nitrogen and oxygen atoms in total. The van der Waals surface area contributed by atoms with Gasteiger partial charge in [-0.05, 0) is 69.6 Å². The van der Waals surface area contributed by atoms with E-state index in [0.717, 1.165) is 37.5 Å². The summed E-state index contributed by atoms with van der Waals surface area (Å²) in [6.45, 7) is 1.51. The first-order valence-corrected chi connectivity index (χ1v) is 14.4. The lowest BCUT2D eigenvalue weighted by Crippen LogP contribution is -2.47. The van der Waals surface area contributed by atoms with E-state index < -0.39 is 35.1 Å². The standard InChI is InChI=1S/C31H35N5O7/c1-18-20-6-3-4-8-24(20)43-26(18)29(41)33-21(9-10-23(37)28(40)32-2)27(39)34-22-7-5-15-36(30(22)42)17-25(38)35-31-13-11-19(16-31)12-14-31/h3-8,15,19,21H,9-14,16-17H2,1-2H3,(H,32,40)(H,33,41)(H,34,39)(H,35,38)/t19?,21-,31?/m0/s1. The van der Waals surface area contributed by atoms with Gasteiger partial charge in [0.2, 0.25) is 17.6 Å². The third-order valence-electron chi connectivity index (χ3n) is 8.55. The zero-order valence-corrected chi connectivity index (χ0v) is 24.2. The Labute approximate surface area is 247 Å². The molecule has 2 aromatic heterocycles. The van der Waals surface area contributed by atoms with Crippen LogP contribution >= 0.6 is 0 Å². The predicted molar refractivity (Wildman–Crippen MR) is 157 cm³/mol. The van der Waals surface area contributed by atoms with Crippen molar-refractivity contribution in [1.82, 2.24) is 20.5 Å². The van der Waals surface area contributed by atoms with Gasteiger partial charge in [0.25, 0.3) is 17.4 Å². The van der Waals surface area contributed by atoms with Crippen LogP contribution in [0.4, 0.5) is 5.69 Å². The molecule has 0 radical (unpaired) electrons. The molecule has 1 atom stereocenters. The first-order valence-electron chi connectivity index (χ1n) is 14.4. The van der Waals surface area contributed by atoms with Gasteiger partial charge in [-0.1, -0.05) is 18.2 Å². The van der Waals surface area contributed by atoms with Crippen LogP contribution in [0.3, 0.4) is 0 Å². The van der Waals surface area contributed by atoms with E-state index in [9.17, 15) is 28.8 Å². The van der Waals surface area contributed by atoms with Gasteiger partial charge in [0.15, 0.2) is 5.76 Å². The molecule has 2 aliphatic carbocycles. The van der Waals surface area contributed by atoms with E-state index in [-0.39, 0.29) is 42.3 Å². The van der Waals surface area contributed by atoms with Gasteiger partial charge < -0.3 is 30.3 Å². The number of Topliss-reactive ketones (excluding diaryl/α,β-unsaturated/α-hetero) is 1. The molecular weight excluding hydrogens is 554 g/mol. The molecule has 5 rings (SSSR count). The van der Waals surface area contributed by atoms with Crippen LogP contribution in [0.1, 0.15) is 61.1 Å². The number of hydrogen-bond acceptors (Lipinski definition) is 7. The van der Waals surface area contributed by atoms with Gasteiger partial charge in [0.1, 0.15) is 23.9 Å². The first-order chi connectivity index (χ1) is 20.6. The number of aryl methyl sites for hydroxylation is 1. The van der Waals surface area contributed by atoms with Crippen LogP contribution in [0.25, 0.3) is 11.0 Å². The number of benzene rings is 1. The fraction of sp³-hybridized carbons (Fsp3) is 0.419. The number of para-hydroxylation sites is 1. The summed E-state index contributed by atoms with van der Waals surface area (Å²) in [5.41, 5.74) is 0.182. The van der Waals surface area contributed by atoms with Crippen molar-refractivity contribution in [2.45, 2.75) is 70.0 Å².